The second-order valence-electron chi connectivity index (χ2n) is 5.25. The third-order valence-corrected chi connectivity index (χ3v) is 3.50. The lowest BCUT2D eigenvalue weighted by Gasteiger charge is -2.22. The maximum Gasteiger partial charge on any atom is 0.323 e. The zero-order chi connectivity index (χ0) is 13.2. The summed E-state index contributed by atoms with van der Waals surface area (Å²) in [5.74, 6) is 2.16. The van der Waals surface area contributed by atoms with E-state index in [1.807, 2.05) is 14.0 Å². The highest BCUT2D eigenvalue weighted by molar-refractivity contribution is 5.40. The Balaban J connectivity index is 1.84. The molecule has 0 aromatic carbocycles. The molecular formula is C13H21N5O. The highest BCUT2D eigenvalue weighted by Crippen LogP contribution is 2.36. The highest BCUT2D eigenvalue weighted by Gasteiger charge is 2.35. The van der Waals surface area contributed by atoms with Crippen LogP contribution in [0.25, 0.3) is 0 Å². The minimum Gasteiger partial charge on any atom is -0.464 e. The Morgan fingerprint density at radius 2 is 2.00 bits per heavy atom. The number of hydrogen-bond acceptors (Lipinski definition) is 6. The number of ether oxygens (including phenoxy) is 1. The lowest BCUT2D eigenvalue weighted by atomic mass is 10.3. The Kier molecular flexibility index (Phi) is 3.40. The van der Waals surface area contributed by atoms with E-state index in [-0.39, 0.29) is 0 Å². The Morgan fingerprint density at radius 3 is 2.58 bits per heavy atom. The zero-order valence-corrected chi connectivity index (χ0v) is 11.6. The van der Waals surface area contributed by atoms with Crippen molar-refractivity contribution in [1.82, 2.24) is 15.0 Å². The number of nitrogens with one attached hydrogen (secondary N) is 1. The van der Waals surface area contributed by atoms with Crippen molar-refractivity contribution < 1.29 is 4.74 Å². The van der Waals surface area contributed by atoms with Gasteiger partial charge in [0, 0.05) is 19.6 Å². The molecule has 1 aromatic rings. The van der Waals surface area contributed by atoms with Crippen LogP contribution < -0.4 is 15.0 Å². The van der Waals surface area contributed by atoms with Gasteiger partial charge in [0.2, 0.25) is 11.9 Å². The first-order valence-electron chi connectivity index (χ1n) is 7.13. The number of rotatable bonds is 7. The van der Waals surface area contributed by atoms with Gasteiger partial charge in [0.1, 0.15) is 0 Å². The lowest BCUT2D eigenvalue weighted by Crippen LogP contribution is -2.30. The molecule has 0 aliphatic heterocycles. The summed E-state index contributed by atoms with van der Waals surface area (Å²) >= 11 is 0. The predicted molar refractivity (Wildman–Crippen MR) is 73.6 cm³/mol. The molecule has 0 atom stereocenters. The molecule has 6 nitrogen and oxygen atoms in total. The Bertz CT molecular complexity index is 445. The number of hydrogen-bond donors (Lipinski definition) is 1. The van der Waals surface area contributed by atoms with Crippen LogP contribution >= 0.6 is 0 Å². The maximum atomic E-state index is 5.43. The van der Waals surface area contributed by atoms with E-state index in [4.69, 9.17) is 4.74 Å². The minimum atomic E-state index is 0.415. The third kappa shape index (κ3) is 3.05. The standard InChI is InChI=1S/C13H21N5O/c1-3-19-13-16-11(14-2)15-12(17-13)18(10-6-7-10)8-9-4-5-9/h9-10H,3-8H2,1-2H3,(H,14,15,16,17). The molecule has 104 valence electrons. The second-order valence-corrected chi connectivity index (χ2v) is 5.25. The number of anilines is 2. The Hall–Kier alpha value is -1.59. The molecule has 0 unspecified atom stereocenters. The quantitative estimate of drug-likeness (QED) is 0.807. The van der Waals surface area contributed by atoms with E-state index in [0.29, 0.717) is 24.6 Å². The molecule has 1 aromatic heterocycles. The summed E-state index contributed by atoms with van der Waals surface area (Å²) in [6.45, 7) is 3.58. The monoisotopic (exact) mass is 263 g/mol. The van der Waals surface area contributed by atoms with Gasteiger partial charge in [-0.1, -0.05) is 0 Å². The topological polar surface area (TPSA) is 63.2 Å². The summed E-state index contributed by atoms with van der Waals surface area (Å²) in [7, 11) is 1.82. The van der Waals surface area contributed by atoms with Crippen LogP contribution in [0.1, 0.15) is 32.6 Å². The molecule has 2 saturated carbocycles. The zero-order valence-electron chi connectivity index (χ0n) is 11.6. The normalized spacial score (nSPS) is 18.2. The van der Waals surface area contributed by atoms with Crippen LogP contribution in [0.2, 0.25) is 0 Å². The molecule has 1 N–H and O–H groups in total. The predicted octanol–water partition coefficient (Wildman–Crippen LogP) is 1.69. The molecule has 19 heavy (non-hydrogen) atoms. The van der Waals surface area contributed by atoms with Gasteiger partial charge in [0.25, 0.3) is 0 Å². The van der Waals surface area contributed by atoms with Crippen molar-refractivity contribution in [1.29, 1.82) is 0 Å². The van der Waals surface area contributed by atoms with E-state index in [1.165, 1.54) is 25.7 Å². The fraction of sp³-hybridized carbons (Fsp3) is 0.769. The SMILES string of the molecule is CCOc1nc(NC)nc(N(CC2CC2)C2CC2)n1. The van der Waals surface area contributed by atoms with Gasteiger partial charge in [-0.3, -0.25) is 0 Å². The largest absolute Gasteiger partial charge is 0.464 e. The summed E-state index contributed by atoms with van der Waals surface area (Å²) in [5.41, 5.74) is 0. The van der Waals surface area contributed by atoms with Gasteiger partial charge < -0.3 is 15.0 Å². The van der Waals surface area contributed by atoms with Crippen molar-refractivity contribution >= 4 is 11.9 Å². The molecule has 0 bridgehead atoms. The average molecular weight is 263 g/mol. The average Bonchev–Trinajstić information content (AvgIpc) is 3.28. The molecule has 2 aliphatic rings. The second kappa shape index (κ2) is 5.19. The van der Waals surface area contributed by atoms with E-state index in [0.717, 1.165) is 18.4 Å². The fourth-order valence-corrected chi connectivity index (χ4v) is 2.14. The van der Waals surface area contributed by atoms with Crippen molar-refractivity contribution in [3.63, 3.8) is 0 Å². The third-order valence-electron chi connectivity index (χ3n) is 3.50. The van der Waals surface area contributed by atoms with Crippen molar-refractivity contribution in [2.45, 2.75) is 38.6 Å². The van der Waals surface area contributed by atoms with Crippen LogP contribution in [-0.4, -0.2) is 41.2 Å². The molecule has 1 heterocycles. The van der Waals surface area contributed by atoms with Crippen molar-refractivity contribution in [2.75, 3.05) is 30.4 Å². The van der Waals surface area contributed by atoms with Gasteiger partial charge in [0.05, 0.1) is 6.61 Å². The summed E-state index contributed by atoms with van der Waals surface area (Å²) in [4.78, 5) is 15.5. The molecular weight excluding hydrogens is 242 g/mol. The summed E-state index contributed by atoms with van der Waals surface area (Å²) in [5, 5.41) is 2.98. The van der Waals surface area contributed by atoms with Crippen LogP contribution in [0.3, 0.4) is 0 Å². The van der Waals surface area contributed by atoms with Gasteiger partial charge in [-0.25, -0.2) is 0 Å². The lowest BCUT2D eigenvalue weighted by molar-refractivity contribution is 0.312. The Labute approximate surface area is 113 Å². The van der Waals surface area contributed by atoms with Crippen molar-refractivity contribution in [2.24, 2.45) is 5.92 Å². The van der Waals surface area contributed by atoms with Gasteiger partial charge in [0.15, 0.2) is 0 Å². The van der Waals surface area contributed by atoms with Crippen LogP contribution in [0.15, 0.2) is 0 Å². The molecule has 0 saturated heterocycles. The van der Waals surface area contributed by atoms with Crippen molar-refractivity contribution in [3.05, 3.63) is 0 Å². The molecule has 2 fully saturated rings. The summed E-state index contributed by atoms with van der Waals surface area (Å²) in [6, 6.07) is 1.03. The molecule has 6 heteroatoms. The number of nitrogens with zero attached hydrogens (tertiary/aromatic N) is 4. The van der Waals surface area contributed by atoms with E-state index < -0.39 is 0 Å². The van der Waals surface area contributed by atoms with E-state index in [2.05, 4.69) is 25.2 Å². The molecule has 0 radical (unpaired) electrons. The van der Waals surface area contributed by atoms with Gasteiger partial charge in [-0.05, 0) is 38.5 Å². The maximum absolute atomic E-state index is 5.43. The van der Waals surface area contributed by atoms with Gasteiger partial charge >= 0.3 is 6.01 Å². The first kappa shape index (κ1) is 12.4. The molecule has 3 rings (SSSR count). The molecule has 0 spiro atoms. The van der Waals surface area contributed by atoms with Crippen LogP contribution in [0.5, 0.6) is 6.01 Å². The first-order chi connectivity index (χ1) is 9.30. The summed E-state index contributed by atoms with van der Waals surface area (Å²) < 4.78 is 5.43. The van der Waals surface area contributed by atoms with E-state index in [9.17, 15) is 0 Å². The summed E-state index contributed by atoms with van der Waals surface area (Å²) in [6.07, 6.45) is 5.17. The highest BCUT2D eigenvalue weighted by atomic mass is 16.5. The smallest absolute Gasteiger partial charge is 0.323 e. The number of aromatic nitrogens is 3. The van der Waals surface area contributed by atoms with E-state index >= 15 is 0 Å². The first-order valence-corrected chi connectivity index (χ1v) is 7.13. The fourth-order valence-electron chi connectivity index (χ4n) is 2.14. The van der Waals surface area contributed by atoms with Crippen LogP contribution in [0, 0.1) is 5.92 Å². The Morgan fingerprint density at radius 1 is 1.21 bits per heavy atom. The van der Waals surface area contributed by atoms with Crippen LogP contribution in [-0.2, 0) is 0 Å². The van der Waals surface area contributed by atoms with Gasteiger partial charge in [-0.15, -0.1) is 0 Å². The van der Waals surface area contributed by atoms with E-state index in [1.54, 1.807) is 0 Å². The molecule has 0 amide bonds. The van der Waals surface area contributed by atoms with Crippen LogP contribution in [0.4, 0.5) is 11.9 Å². The minimum absolute atomic E-state index is 0.415. The molecule has 2 aliphatic carbocycles. The van der Waals surface area contributed by atoms with Gasteiger partial charge in [-0.2, -0.15) is 15.0 Å². The van der Waals surface area contributed by atoms with Crippen molar-refractivity contribution in [3.8, 4) is 6.01 Å².